The van der Waals surface area contributed by atoms with Gasteiger partial charge in [-0.15, -0.1) is 0 Å². The van der Waals surface area contributed by atoms with Crippen molar-refractivity contribution in [2.24, 2.45) is 10.7 Å². The van der Waals surface area contributed by atoms with Crippen LogP contribution in [0.5, 0.6) is 11.6 Å². The van der Waals surface area contributed by atoms with E-state index >= 15 is 0 Å². The first-order chi connectivity index (χ1) is 10.5. The number of rotatable bonds is 3. The van der Waals surface area contributed by atoms with E-state index in [1.165, 1.54) is 20.4 Å². The van der Waals surface area contributed by atoms with Gasteiger partial charge in [0.15, 0.2) is 5.60 Å². The highest BCUT2D eigenvalue weighted by atomic mass is 16.5. The largest absolute Gasteiger partial charge is 0.495 e. The van der Waals surface area contributed by atoms with E-state index in [4.69, 9.17) is 20.9 Å². The van der Waals surface area contributed by atoms with Gasteiger partial charge in [0.25, 0.3) is 0 Å². The topological polar surface area (TPSA) is 116 Å². The average Bonchev–Trinajstić information content (AvgIpc) is 2.79. The van der Waals surface area contributed by atoms with Crippen molar-refractivity contribution in [3.05, 3.63) is 41.6 Å². The Morgan fingerprint density at radius 1 is 1.09 bits per heavy atom. The molecule has 0 radical (unpaired) electrons. The highest BCUT2D eigenvalue weighted by Crippen LogP contribution is 2.45. The second-order valence-electron chi connectivity index (χ2n) is 4.92. The van der Waals surface area contributed by atoms with Gasteiger partial charge in [-0.2, -0.15) is 0 Å². The van der Waals surface area contributed by atoms with E-state index in [0.29, 0.717) is 28.3 Å². The first-order valence-electron chi connectivity index (χ1n) is 6.56. The van der Waals surface area contributed by atoms with Crippen LogP contribution >= 0.6 is 0 Å². The van der Waals surface area contributed by atoms with Crippen molar-refractivity contribution < 1.29 is 14.6 Å². The molecule has 7 nitrogen and oxygen atoms in total. The number of aliphatic imine (C=N–C) groups is 1. The molecule has 1 aromatic heterocycles. The Balaban J connectivity index is 2.28. The maximum atomic E-state index is 11.3. The Hall–Kier alpha value is -2.80. The fourth-order valence-corrected chi connectivity index (χ4v) is 2.54. The van der Waals surface area contributed by atoms with Gasteiger partial charge in [-0.05, 0) is 24.3 Å². The molecule has 3 rings (SSSR count). The molecule has 1 atom stereocenters. The molecule has 1 aromatic carbocycles. The summed E-state index contributed by atoms with van der Waals surface area (Å²) in [6, 6.07) is 6.65. The summed E-state index contributed by atoms with van der Waals surface area (Å²) in [6.45, 7) is 0. The molecule has 5 N–H and O–H groups in total. The molecule has 22 heavy (non-hydrogen) atoms. The van der Waals surface area contributed by atoms with Crippen LogP contribution < -0.4 is 20.9 Å². The van der Waals surface area contributed by atoms with Gasteiger partial charge in [-0.25, -0.2) is 9.98 Å². The minimum Gasteiger partial charge on any atom is -0.495 e. The van der Waals surface area contributed by atoms with E-state index in [0.717, 1.165) is 0 Å². The molecule has 0 aliphatic carbocycles. The highest BCUT2D eigenvalue weighted by molar-refractivity contribution is 6.01. The molecule has 0 fully saturated rings. The Morgan fingerprint density at radius 3 is 2.55 bits per heavy atom. The van der Waals surface area contributed by atoms with Gasteiger partial charge in [0.05, 0.1) is 31.7 Å². The lowest BCUT2D eigenvalue weighted by Gasteiger charge is -2.26. The smallest absolute Gasteiger partial charge is 0.220 e. The number of benzene rings is 1. The second kappa shape index (κ2) is 4.88. The van der Waals surface area contributed by atoms with Gasteiger partial charge < -0.3 is 26.0 Å². The Kier molecular flexibility index (Phi) is 3.14. The zero-order valence-corrected chi connectivity index (χ0v) is 12.2. The number of ether oxygens (including phenoxy) is 2. The third kappa shape index (κ3) is 1.86. The van der Waals surface area contributed by atoms with Crippen molar-refractivity contribution in [3.63, 3.8) is 0 Å². The quantitative estimate of drug-likeness (QED) is 0.726. The highest BCUT2D eigenvalue weighted by Gasteiger charge is 2.45. The number of nitrogen functional groups attached to an aromatic ring is 1. The zero-order chi connectivity index (χ0) is 15.9. The molecule has 7 heteroatoms. The maximum Gasteiger partial charge on any atom is 0.220 e. The lowest BCUT2D eigenvalue weighted by atomic mass is 9.86. The normalized spacial score (nSPS) is 19.5. The van der Waals surface area contributed by atoms with Crippen LogP contribution in [-0.2, 0) is 5.60 Å². The molecular formula is C15H16N4O3. The summed E-state index contributed by atoms with van der Waals surface area (Å²) in [5.74, 6) is 0.729. The van der Waals surface area contributed by atoms with Crippen LogP contribution in [0.1, 0.15) is 11.1 Å². The van der Waals surface area contributed by atoms with Crippen molar-refractivity contribution in [1.29, 1.82) is 0 Å². The molecular weight excluding hydrogens is 284 g/mol. The van der Waals surface area contributed by atoms with Crippen LogP contribution in [0.3, 0.4) is 0 Å². The summed E-state index contributed by atoms with van der Waals surface area (Å²) in [6.07, 6.45) is 1.49. The van der Waals surface area contributed by atoms with E-state index in [2.05, 4.69) is 9.98 Å². The molecule has 0 saturated heterocycles. The van der Waals surface area contributed by atoms with Crippen molar-refractivity contribution in [2.45, 2.75) is 5.60 Å². The molecule has 0 bridgehead atoms. The number of methoxy groups -OCH3 is 2. The van der Waals surface area contributed by atoms with Crippen LogP contribution in [-0.4, -0.2) is 30.1 Å². The molecule has 1 aliphatic rings. The third-order valence-electron chi connectivity index (χ3n) is 3.67. The number of anilines is 1. The number of aliphatic hydroxyl groups is 1. The minimum atomic E-state index is -1.67. The van der Waals surface area contributed by atoms with Gasteiger partial charge in [0.2, 0.25) is 5.88 Å². The Morgan fingerprint density at radius 2 is 1.86 bits per heavy atom. The fraction of sp³-hybridized carbons (Fsp3) is 0.200. The molecule has 2 aromatic rings. The molecule has 1 aliphatic heterocycles. The summed E-state index contributed by atoms with van der Waals surface area (Å²) < 4.78 is 10.4. The van der Waals surface area contributed by atoms with E-state index in [1.54, 1.807) is 24.3 Å². The predicted octanol–water partition coefficient (Wildman–Crippen LogP) is 0.919. The molecule has 114 valence electrons. The van der Waals surface area contributed by atoms with E-state index in [9.17, 15) is 5.11 Å². The van der Waals surface area contributed by atoms with Crippen molar-refractivity contribution >= 4 is 17.2 Å². The lowest BCUT2D eigenvalue weighted by molar-refractivity contribution is 0.153. The number of hydrogen-bond acceptors (Lipinski definition) is 7. The Labute approximate surface area is 127 Å². The van der Waals surface area contributed by atoms with E-state index in [1.807, 2.05) is 0 Å². The third-order valence-corrected chi connectivity index (χ3v) is 3.67. The number of aromatic nitrogens is 1. The summed E-state index contributed by atoms with van der Waals surface area (Å²) >= 11 is 0. The van der Waals surface area contributed by atoms with E-state index < -0.39 is 5.60 Å². The van der Waals surface area contributed by atoms with Gasteiger partial charge in [-0.3, -0.25) is 0 Å². The van der Waals surface area contributed by atoms with Crippen molar-refractivity contribution in [2.75, 3.05) is 20.0 Å². The SMILES string of the molecule is COc1cnc(OC)c(C2(O)C(N)=Nc3ccc(N)cc32)c1. The molecule has 0 saturated carbocycles. The molecule has 0 amide bonds. The van der Waals surface area contributed by atoms with Crippen molar-refractivity contribution in [1.82, 2.24) is 4.98 Å². The number of fused-ring (bicyclic) bond motifs is 1. The summed E-state index contributed by atoms with van der Waals surface area (Å²) in [7, 11) is 2.97. The summed E-state index contributed by atoms with van der Waals surface area (Å²) in [5.41, 5.74) is 12.0. The molecule has 1 unspecified atom stereocenters. The van der Waals surface area contributed by atoms with Crippen LogP contribution in [0, 0.1) is 0 Å². The number of nitrogens with zero attached hydrogens (tertiary/aromatic N) is 2. The molecule has 0 spiro atoms. The van der Waals surface area contributed by atoms with Gasteiger partial charge in [-0.1, -0.05) is 0 Å². The fourth-order valence-electron chi connectivity index (χ4n) is 2.54. The van der Waals surface area contributed by atoms with Crippen LogP contribution in [0.2, 0.25) is 0 Å². The van der Waals surface area contributed by atoms with Gasteiger partial charge in [0, 0.05) is 11.3 Å². The monoisotopic (exact) mass is 300 g/mol. The first kappa shape index (κ1) is 14.2. The second-order valence-corrected chi connectivity index (χ2v) is 4.92. The summed E-state index contributed by atoms with van der Waals surface area (Å²) in [5, 5.41) is 11.3. The first-order valence-corrected chi connectivity index (χ1v) is 6.56. The maximum absolute atomic E-state index is 11.3. The lowest BCUT2D eigenvalue weighted by Crippen LogP contribution is -2.40. The predicted molar refractivity (Wildman–Crippen MR) is 82.5 cm³/mol. The van der Waals surface area contributed by atoms with Crippen LogP contribution in [0.25, 0.3) is 0 Å². The number of amidine groups is 1. The average molecular weight is 300 g/mol. The zero-order valence-electron chi connectivity index (χ0n) is 12.2. The van der Waals surface area contributed by atoms with Crippen LogP contribution in [0.15, 0.2) is 35.5 Å². The van der Waals surface area contributed by atoms with Gasteiger partial charge in [0.1, 0.15) is 11.6 Å². The van der Waals surface area contributed by atoms with E-state index in [-0.39, 0.29) is 11.7 Å². The van der Waals surface area contributed by atoms with Gasteiger partial charge >= 0.3 is 0 Å². The number of hydrogen-bond donors (Lipinski definition) is 3. The number of nitrogens with two attached hydrogens (primary N) is 2. The number of pyridine rings is 1. The summed E-state index contributed by atoms with van der Waals surface area (Å²) in [4.78, 5) is 8.36. The minimum absolute atomic E-state index is 0.0291. The van der Waals surface area contributed by atoms with Crippen LogP contribution in [0.4, 0.5) is 11.4 Å². The standard InChI is InChI=1S/C15H16N4O3/c1-21-9-6-11(13(22-2)18-7-9)15(20)10-5-8(16)3-4-12(10)19-14(15)17/h3-7,20H,16H2,1-2H3,(H2,17,19). The van der Waals surface area contributed by atoms with Crippen molar-refractivity contribution in [3.8, 4) is 11.6 Å². The molecule has 2 heterocycles. The Bertz CT molecular complexity index is 775.